The molecule has 0 aromatic heterocycles. The molecule has 1 unspecified atom stereocenters. The van der Waals surface area contributed by atoms with Gasteiger partial charge in [0.15, 0.2) is 0 Å². The zero-order chi connectivity index (χ0) is 18.4. The molecule has 0 radical (unpaired) electrons. The zero-order valence-electron chi connectivity index (χ0n) is 15.7. The van der Waals surface area contributed by atoms with E-state index in [0.717, 1.165) is 45.3 Å². The number of benzene rings is 2. The van der Waals surface area contributed by atoms with Crippen LogP contribution < -0.4 is 0 Å². The van der Waals surface area contributed by atoms with Crippen LogP contribution in [-0.4, -0.2) is 60.1 Å². The van der Waals surface area contributed by atoms with E-state index in [1.54, 1.807) is 0 Å². The van der Waals surface area contributed by atoms with Gasteiger partial charge < -0.3 is 10.0 Å². The second-order valence-corrected chi connectivity index (χ2v) is 7.48. The first kappa shape index (κ1) is 18.9. The molecule has 4 heteroatoms. The van der Waals surface area contributed by atoms with Crippen LogP contribution in [0.3, 0.4) is 0 Å². The molecular formula is C22H30N2O2. The maximum Gasteiger partial charge on any atom is 0.317 e. The largest absolute Gasteiger partial charge is 0.480 e. The Hall–Kier alpha value is -1.91. The molecule has 4 nitrogen and oxygen atoms in total. The Balaban J connectivity index is 1.48. The highest BCUT2D eigenvalue weighted by Crippen LogP contribution is 2.20. The molecule has 0 aliphatic carbocycles. The van der Waals surface area contributed by atoms with Crippen LogP contribution in [0.25, 0.3) is 10.8 Å². The van der Waals surface area contributed by atoms with Gasteiger partial charge in [0, 0.05) is 6.04 Å². The third-order valence-corrected chi connectivity index (χ3v) is 5.60. The van der Waals surface area contributed by atoms with E-state index in [2.05, 4.69) is 47.4 Å². The maximum atomic E-state index is 10.9. The minimum atomic E-state index is -0.733. The lowest BCUT2D eigenvalue weighted by molar-refractivity contribution is -0.138. The van der Waals surface area contributed by atoms with Gasteiger partial charge >= 0.3 is 5.97 Å². The number of carbonyl (C=O) groups is 1. The van der Waals surface area contributed by atoms with Crippen molar-refractivity contribution in [1.82, 2.24) is 9.80 Å². The molecule has 0 amide bonds. The lowest BCUT2D eigenvalue weighted by Gasteiger charge is -2.25. The van der Waals surface area contributed by atoms with Crippen molar-refractivity contribution in [2.24, 2.45) is 0 Å². The van der Waals surface area contributed by atoms with Gasteiger partial charge in [0.25, 0.3) is 0 Å². The fourth-order valence-electron chi connectivity index (χ4n) is 4.15. The van der Waals surface area contributed by atoms with Crippen LogP contribution in [0.5, 0.6) is 0 Å². The molecule has 1 fully saturated rings. The number of hydrogen-bond acceptors (Lipinski definition) is 3. The van der Waals surface area contributed by atoms with Crippen LogP contribution in [-0.2, 0) is 11.2 Å². The Morgan fingerprint density at radius 2 is 1.96 bits per heavy atom. The third-order valence-electron chi connectivity index (χ3n) is 5.60. The van der Waals surface area contributed by atoms with Gasteiger partial charge in [0.05, 0.1) is 6.54 Å². The van der Waals surface area contributed by atoms with E-state index in [4.69, 9.17) is 5.11 Å². The van der Waals surface area contributed by atoms with E-state index in [-0.39, 0.29) is 6.54 Å². The summed E-state index contributed by atoms with van der Waals surface area (Å²) in [6.07, 6.45) is 5.61. The Morgan fingerprint density at radius 3 is 2.81 bits per heavy atom. The number of aryl methyl sites for hydroxylation is 1. The number of likely N-dealkylation sites (tertiary alicyclic amines) is 1. The number of fused-ring (bicyclic) bond motifs is 1. The molecule has 1 saturated heterocycles. The van der Waals surface area contributed by atoms with Crippen LogP contribution in [0.1, 0.15) is 31.2 Å². The summed E-state index contributed by atoms with van der Waals surface area (Å²) in [5.41, 5.74) is 1.44. The monoisotopic (exact) mass is 354 g/mol. The normalized spacial score (nSPS) is 18.9. The first-order chi connectivity index (χ1) is 12.6. The van der Waals surface area contributed by atoms with Crippen molar-refractivity contribution in [1.29, 1.82) is 0 Å². The fraction of sp³-hybridized carbons (Fsp3) is 0.500. The molecule has 3 rings (SSSR count). The van der Waals surface area contributed by atoms with E-state index in [9.17, 15) is 4.79 Å². The van der Waals surface area contributed by atoms with Crippen LogP contribution in [0, 0.1) is 0 Å². The number of carboxylic acid groups (broad SMARTS) is 1. The number of carboxylic acids is 1. The number of rotatable bonds is 7. The molecule has 1 aliphatic rings. The first-order valence-electron chi connectivity index (χ1n) is 9.74. The Labute approximate surface area is 156 Å². The lowest BCUT2D eigenvalue weighted by atomic mass is 10.0. The summed E-state index contributed by atoms with van der Waals surface area (Å²) < 4.78 is 0. The molecule has 1 heterocycles. The third kappa shape index (κ3) is 5.05. The average Bonchev–Trinajstić information content (AvgIpc) is 2.87. The van der Waals surface area contributed by atoms with E-state index in [1.807, 2.05) is 11.9 Å². The molecule has 2 aromatic carbocycles. The highest BCUT2D eigenvalue weighted by Gasteiger charge is 2.21. The Kier molecular flexibility index (Phi) is 6.64. The van der Waals surface area contributed by atoms with Crippen LogP contribution in [0.4, 0.5) is 0 Å². The van der Waals surface area contributed by atoms with Crippen LogP contribution in [0.2, 0.25) is 0 Å². The van der Waals surface area contributed by atoms with Crippen LogP contribution >= 0.6 is 0 Å². The molecule has 1 N–H and O–H groups in total. The molecule has 26 heavy (non-hydrogen) atoms. The lowest BCUT2D eigenvalue weighted by Crippen LogP contribution is -2.36. The quantitative estimate of drug-likeness (QED) is 0.824. The maximum absolute atomic E-state index is 10.9. The van der Waals surface area contributed by atoms with E-state index in [1.165, 1.54) is 22.8 Å². The second kappa shape index (κ2) is 9.15. The van der Waals surface area contributed by atoms with Crippen LogP contribution in [0.15, 0.2) is 42.5 Å². The summed E-state index contributed by atoms with van der Waals surface area (Å²) >= 11 is 0. The minimum Gasteiger partial charge on any atom is -0.480 e. The molecule has 0 saturated carbocycles. The summed E-state index contributed by atoms with van der Waals surface area (Å²) in [6, 6.07) is 15.6. The van der Waals surface area contributed by atoms with Gasteiger partial charge in [-0.2, -0.15) is 0 Å². The molecule has 1 atom stereocenters. The fourth-order valence-corrected chi connectivity index (χ4v) is 4.15. The standard InChI is InChI=1S/C22H30N2O2/c1-23(17-22(25)26)20-11-6-15-24(16-13-20)14-5-10-19-9-4-8-18-7-2-3-12-21(18)19/h2-4,7-9,12,20H,5-6,10-11,13-17H2,1H3,(H,25,26). The second-order valence-electron chi connectivity index (χ2n) is 7.48. The summed E-state index contributed by atoms with van der Waals surface area (Å²) in [4.78, 5) is 15.5. The van der Waals surface area contributed by atoms with Crippen molar-refractivity contribution in [2.45, 2.75) is 38.1 Å². The molecular weight excluding hydrogens is 324 g/mol. The van der Waals surface area contributed by atoms with Crippen molar-refractivity contribution >= 4 is 16.7 Å². The van der Waals surface area contributed by atoms with E-state index in [0.29, 0.717) is 6.04 Å². The van der Waals surface area contributed by atoms with Gasteiger partial charge in [-0.25, -0.2) is 0 Å². The zero-order valence-corrected chi connectivity index (χ0v) is 15.7. The highest BCUT2D eigenvalue weighted by atomic mass is 16.4. The van der Waals surface area contributed by atoms with Gasteiger partial charge in [-0.3, -0.25) is 9.69 Å². The van der Waals surface area contributed by atoms with Gasteiger partial charge in [0.2, 0.25) is 0 Å². The number of nitrogens with zero attached hydrogens (tertiary/aromatic N) is 2. The van der Waals surface area contributed by atoms with E-state index < -0.39 is 5.97 Å². The topological polar surface area (TPSA) is 43.8 Å². The summed E-state index contributed by atoms with van der Waals surface area (Å²) in [6.45, 7) is 3.47. The summed E-state index contributed by atoms with van der Waals surface area (Å²) in [7, 11) is 1.94. The van der Waals surface area contributed by atoms with Gasteiger partial charge in [-0.15, -0.1) is 0 Å². The summed E-state index contributed by atoms with van der Waals surface area (Å²) in [5, 5.41) is 11.7. The highest BCUT2D eigenvalue weighted by molar-refractivity contribution is 5.85. The van der Waals surface area contributed by atoms with Crippen molar-refractivity contribution in [3.63, 3.8) is 0 Å². The van der Waals surface area contributed by atoms with E-state index >= 15 is 0 Å². The smallest absolute Gasteiger partial charge is 0.317 e. The number of likely N-dealkylation sites (N-methyl/N-ethyl adjacent to an activating group) is 1. The Bertz CT molecular complexity index is 726. The van der Waals surface area contributed by atoms with Crippen molar-refractivity contribution < 1.29 is 9.90 Å². The SMILES string of the molecule is CN(CC(=O)O)C1CCCN(CCCc2cccc3ccccc23)CC1. The van der Waals surface area contributed by atoms with Gasteiger partial charge in [-0.05, 0) is 75.1 Å². The van der Waals surface area contributed by atoms with Crippen molar-refractivity contribution in [2.75, 3.05) is 33.2 Å². The van der Waals surface area contributed by atoms with Crippen molar-refractivity contribution in [3.8, 4) is 0 Å². The molecule has 140 valence electrons. The predicted molar refractivity (Wildman–Crippen MR) is 107 cm³/mol. The van der Waals surface area contributed by atoms with Gasteiger partial charge in [-0.1, -0.05) is 42.5 Å². The first-order valence-corrected chi connectivity index (χ1v) is 9.74. The molecule has 0 spiro atoms. The average molecular weight is 354 g/mol. The summed E-state index contributed by atoms with van der Waals surface area (Å²) in [5.74, 6) is -0.733. The minimum absolute atomic E-state index is 0.145. The number of aliphatic carboxylic acids is 1. The number of hydrogen-bond donors (Lipinski definition) is 1. The Morgan fingerprint density at radius 1 is 1.15 bits per heavy atom. The molecule has 0 bridgehead atoms. The van der Waals surface area contributed by atoms with Gasteiger partial charge in [0.1, 0.15) is 0 Å². The molecule has 1 aliphatic heterocycles. The predicted octanol–water partition coefficient (Wildman–Crippen LogP) is 3.64. The molecule has 2 aromatic rings. The van der Waals surface area contributed by atoms with Crippen molar-refractivity contribution in [3.05, 3.63) is 48.0 Å².